The van der Waals surface area contributed by atoms with Crippen LogP contribution in [0.25, 0.3) is 0 Å². The van der Waals surface area contributed by atoms with E-state index in [0.717, 1.165) is 12.8 Å². The van der Waals surface area contributed by atoms with E-state index in [0.29, 0.717) is 23.3 Å². The first-order valence-electron chi connectivity index (χ1n) is 5.25. The van der Waals surface area contributed by atoms with Crippen LogP contribution in [0, 0.1) is 0 Å². The maximum absolute atomic E-state index is 10.6. The Morgan fingerprint density at radius 2 is 2.50 bits per heavy atom. The molecule has 1 aromatic heterocycles. The molecular formula is C11H14O4S. The van der Waals surface area contributed by atoms with Gasteiger partial charge in [-0.25, -0.2) is 4.79 Å². The quantitative estimate of drug-likeness (QED) is 0.880. The third-order valence-corrected chi connectivity index (χ3v) is 3.44. The predicted octanol–water partition coefficient (Wildman–Crippen LogP) is 2.39. The number of thiophene rings is 1. The fraction of sp³-hybridized carbons (Fsp3) is 0.545. The summed E-state index contributed by atoms with van der Waals surface area (Å²) in [6.45, 7) is 2.55. The van der Waals surface area contributed by atoms with Gasteiger partial charge in [0.1, 0.15) is 17.2 Å². The third kappa shape index (κ3) is 2.74. The minimum atomic E-state index is -0.911. The minimum Gasteiger partial charge on any atom is -0.490 e. The highest BCUT2D eigenvalue weighted by Crippen LogP contribution is 2.24. The van der Waals surface area contributed by atoms with Gasteiger partial charge in [-0.1, -0.05) is 0 Å². The Kier molecular flexibility index (Phi) is 3.46. The average Bonchev–Trinajstić information content (AvgIpc) is 2.83. The second-order valence-corrected chi connectivity index (χ2v) is 4.82. The standard InChI is InChI=1S/C11H14O4S/c1-7-2-3-8(15-7)5-14-9-4-10(11(12)13)16-6-9/h4,6-8H,2-3,5H2,1H3,(H,12,13). The maximum Gasteiger partial charge on any atom is 0.346 e. The van der Waals surface area contributed by atoms with E-state index in [1.54, 1.807) is 11.4 Å². The van der Waals surface area contributed by atoms with Crippen molar-refractivity contribution in [1.29, 1.82) is 0 Å². The zero-order valence-electron chi connectivity index (χ0n) is 9.01. The van der Waals surface area contributed by atoms with Crippen LogP contribution in [0.3, 0.4) is 0 Å². The van der Waals surface area contributed by atoms with Crippen molar-refractivity contribution in [2.45, 2.75) is 32.0 Å². The fourth-order valence-corrected chi connectivity index (χ4v) is 2.37. The normalized spacial score (nSPS) is 24.6. The summed E-state index contributed by atoms with van der Waals surface area (Å²) in [5.41, 5.74) is 0. The first kappa shape index (κ1) is 11.4. The Balaban J connectivity index is 1.83. The summed E-state index contributed by atoms with van der Waals surface area (Å²) in [7, 11) is 0. The second kappa shape index (κ2) is 4.84. The van der Waals surface area contributed by atoms with E-state index in [1.165, 1.54) is 11.3 Å². The van der Waals surface area contributed by atoms with E-state index < -0.39 is 5.97 Å². The molecular weight excluding hydrogens is 228 g/mol. The molecule has 5 heteroatoms. The fourth-order valence-electron chi connectivity index (χ4n) is 1.70. The SMILES string of the molecule is CC1CCC(COc2csc(C(=O)O)c2)O1. The molecule has 2 atom stereocenters. The minimum absolute atomic E-state index is 0.142. The van der Waals surface area contributed by atoms with Gasteiger partial charge in [-0.2, -0.15) is 0 Å². The van der Waals surface area contributed by atoms with Crippen LogP contribution < -0.4 is 4.74 Å². The first-order valence-corrected chi connectivity index (χ1v) is 6.13. The van der Waals surface area contributed by atoms with Crippen LogP contribution in [0.2, 0.25) is 0 Å². The molecule has 1 N–H and O–H groups in total. The van der Waals surface area contributed by atoms with Gasteiger partial charge in [0.2, 0.25) is 0 Å². The van der Waals surface area contributed by atoms with Crippen LogP contribution in [-0.2, 0) is 4.74 Å². The van der Waals surface area contributed by atoms with Crippen molar-refractivity contribution in [3.63, 3.8) is 0 Å². The van der Waals surface area contributed by atoms with Crippen molar-refractivity contribution in [2.75, 3.05) is 6.61 Å². The summed E-state index contributed by atoms with van der Waals surface area (Å²) in [6, 6.07) is 1.55. The van der Waals surface area contributed by atoms with E-state index in [2.05, 4.69) is 0 Å². The van der Waals surface area contributed by atoms with Crippen LogP contribution in [0.1, 0.15) is 29.4 Å². The van der Waals surface area contributed by atoms with Crippen LogP contribution in [0.5, 0.6) is 5.75 Å². The lowest BCUT2D eigenvalue weighted by Gasteiger charge is -2.11. The summed E-state index contributed by atoms with van der Waals surface area (Å²) in [4.78, 5) is 10.9. The molecule has 0 amide bonds. The van der Waals surface area contributed by atoms with Crippen molar-refractivity contribution < 1.29 is 19.4 Å². The maximum atomic E-state index is 10.6. The Hall–Kier alpha value is -1.07. The monoisotopic (exact) mass is 242 g/mol. The Bertz CT molecular complexity index is 374. The van der Waals surface area contributed by atoms with Crippen molar-refractivity contribution in [2.24, 2.45) is 0 Å². The van der Waals surface area contributed by atoms with Crippen LogP contribution in [-0.4, -0.2) is 29.9 Å². The second-order valence-electron chi connectivity index (χ2n) is 3.91. The van der Waals surface area contributed by atoms with Gasteiger partial charge in [0.25, 0.3) is 0 Å². The number of aromatic carboxylic acids is 1. The van der Waals surface area contributed by atoms with E-state index in [1.807, 2.05) is 6.92 Å². The van der Waals surface area contributed by atoms with Gasteiger partial charge < -0.3 is 14.6 Å². The third-order valence-electron chi connectivity index (χ3n) is 2.54. The molecule has 1 aromatic rings. The molecule has 1 aliphatic rings. The Morgan fingerprint density at radius 3 is 3.06 bits per heavy atom. The molecule has 2 rings (SSSR count). The zero-order valence-corrected chi connectivity index (χ0v) is 9.83. The number of hydrogen-bond acceptors (Lipinski definition) is 4. The summed E-state index contributed by atoms with van der Waals surface area (Å²) in [5.74, 6) is -0.295. The number of rotatable bonds is 4. The number of carbonyl (C=O) groups is 1. The van der Waals surface area contributed by atoms with Gasteiger partial charge in [-0.15, -0.1) is 11.3 Å². The highest BCUT2D eigenvalue weighted by molar-refractivity contribution is 7.12. The van der Waals surface area contributed by atoms with Crippen LogP contribution in [0.15, 0.2) is 11.4 Å². The van der Waals surface area contributed by atoms with Crippen molar-refractivity contribution in [1.82, 2.24) is 0 Å². The topological polar surface area (TPSA) is 55.8 Å². The molecule has 88 valence electrons. The summed E-state index contributed by atoms with van der Waals surface area (Å²) in [6.07, 6.45) is 2.53. The van der Waals surface area contributed by atoms with Crippen molar-refractivity contribution in [3.8, 4) is 5.75 Å². The summed E-state index contributed by atoms with van der Waals surface area (Å²) in [5, 5.41) is 10.5. The van der Waals surface area contributed by atoms with Gasteiger partial charge in [0.15, 0.2) is 0 Å². The molecule has 0 bridgehead atoms. The smallest absolute Gasteiger partial charge is 0.346 e. The highest BCUT2D eigenvalue weighted by Gasteiger charge is 2.22. The van der Waals surface area contributed by atoms with Gasteiger partial charge in [0.05, 0.1) is 12.2 Å². The van der Waals surface area contributed by atoms with E-state index in [-0.39, 0.29) is 6.10 Å². The molecule has 16 heavy (non-hydrogen) atoms. The van der Waals surface area contributed by atoms with Gasteiger partial charge in [-0.05, 0) is 19.8 Å². The number of carboxylic acids is 1. The number of ether oxygens (including phenoxy) is 2. The number of carboxylic acid groups (broad SMARTS) is 1. The molecule has 0 aromatic carbocycles. The first-order chi connectivity index (χ1) is 7.65. The Labute approximate surface area is 97.8 Å². The van der Waals surface area contributed by atoms with Crippen molar-refractivity contribution >= 4 is 17.3 Å². The van der Waals surface area contributed by atoms with E-state index in [9.17, 15) is 4.79 Å². The molecule has 0 saturated carbocycles. The van der Waals surface area contributed by atoms with Gasteiger partial charge in [0, 0.05) is 11.4 Å². The lowest BCUT2D eigenvalue weighted by Crippen LogP contribution is -2.17. The molecule has 1 saturated heterocycles. The Morgan fingerprint density at radius 1 is 1.69 bits per heavy atom. The summed E-state index contributed by atoms with van der Waals surface area (Å²) >= 11 is 1.18. The lowest BCUT2D eigenvalue weighted by molar-refractivity contribution is 0.0265. The molecule has 4 nitrogen and oxygen atoms in total. The summed E-state index contributed by atoms with van der Waals surface area (Å²) < 4.78 is 11.1. The molecule has 0 spiro atoms. The van der Waals surface area contributed by atoms with Gasteiger partial charge >= 0.3 is 5.97 Å². The molecule has 2 heterocycles. The van der Waals surface area contributed by atoms with E-state index in [4.69, 9.17) is 14.6 Å². The molecule has 2 unspecified atom stereocenters. The molecule has 1 aliphatic heterocycles. The highest BCUT2D eigenvalue weighted by atomic mass is 32.1. The molecule has 0 aliphatic carbocycles. The van der Waals surface area contributed by atoms with E-state index >= 15 is 0 Å². The zero-order chi connectivity index (χ0) is 11.5. The van der Waals surface area contributed by atoms with Gasteiger partial charge in [-0.3, -0.25) is 0 Å². The molecule has 1 fully saturated rings. The van der Waals surface area contributed by atoms with Crippen molar-refractivity contribution in [3.05, 3.63) is 16.3 Å². The average molecular weight is 242 g/mol. The molecule has 0 radical (unpaired) electrons. The number of hydrogen-bond donors (Lipinski definition) is 1. The lowest BCUT2D eigenvalue weighted by atomic mass is 10.2. The van der Waals surface area contributed by atoms with Crippen LogP contribution in [0.4, 0.5) is 0 Å². The predicted molar refractivity (Wildman–Crippen MR) is 60.3 cm³/mol. The largest absolute Gasteiger partial charge is 0.490 e. The van der Waals surface area contributed by atoms with Crippen LogP contribution >= 0.6 is 11.3 Å².